The van der Waals surface area contributed by atoms with Crippen LogP contribution >= 0.6 is 7.60 Å². The van der Waals surface area contributed by atoms with Gasteiger partial charge >= 0.3 is 7.60 Å². The molecule has 0 amide bonds. The number of hydrogen-bond donors (Lipinski definition) is 1. The predicted octanol–water partition coefficient (Wildman–Crippen LogP) is 5.89. The quantitative estimate of drug-likeness (QED) is 0.449. The van der Waals surface area contributed by atoms with E-state index in [1.165, 1.54) is 14.2 Å². The van der Waals surface area contributed by atoms with E-state index >= 15 is 0 Å². The van der Waals surface area contributed by atoms with E-state index in [0.29, 0.717) is 0 Å². The highest BCUT2D eigenvalue weighted by molar-refractivity contribution is 7.54. The Kier molecular flexibility index (Phi) is 7.56. The minimum atomic E-state index is -3.42. The summed E-state index contributed by atoms with van der Waals surface area (Å²) in [7, 11) is -0.597. The fraction of sp³-hybridized carbons (Fsp3) is 0.167. The van der Waals surface area contributed by atoms with E-state index in [9.17, 15) is 4.57 Å². The molecule has 1 N–H and O–H groups in total. The van der Waals surface area contributed by atoms with Gasteiger partial charge in [0.2, 0.25) is 0 Å². The van der Waals surface area contributed by atoms with Crippen molar-refractivity contribution in [3.8, 4) is 0 Å². The summed E-state index contributed by atoms with van der Waals surface area (Å²) in [6.45, 7) is 0. The van der Waals surface area contributed by atoms with Crippen LogP contribution in [0.25, 0.3) is 6.08 Å². The molecule has 1 atom stereocenters. The third kappa shape index (κ3) is 5.53. The number of hydrogen-bond acceptors (Lipinski definition) is 4. The Morgan fingerprint density at radius 1 is 0.759 bits per heavy atom. The van der Waals surface area contributed by atoms with Crippen molar-refractivity contribution in [3.05, 3.63) is 114 Å². The Bertz CT molecular complexity index is 898. The van der Waals surface area contributed by atoms with Gasteiger partial charge in [-0.2, -0.15) is 0 Å². The van der Waals surface area contributed by atoms with E-state index in [4.69, 9.17) is 9.05 Å². The van der Waals surface area contributed by atoms with Crippen LogP contribution < -0.4 is 5.32 Å². The zero-order valence-electron chi connectivity index (χ0n) is 16.6. The van der Waals surface area contributed by atoms with E-state index in [-0.39, 0.29) is 6.04 Å². The number of benzene rings is 3. The molecule has 0 saturated carbocycles. The van der Waals surface area contributed by atoms with Crippen molar-refractivity contribution in [1.29, 1.82) is 0 Å². The molecule has 4 nitrogen and oxygen atoms in total. The maximum absolute atomic E-state index is 13.3. The van der Waals surface area contributed by atoms with Gasteiger partial charge in [0, 0.05) is 14.2 Å². The van der Waals surface area contributed by atoms with Crippen molar-refractivity contribution < 1.29 is 13.6 Å². The lowest BCUT2D eigenvalue weighted by atomic mass is 9.99. The molecule has 0 heterocycles. The Balaban J connectivity index is 1.99. The monoisotopic (exact) mass is 407 g/mol. The van der Waals surface area contributed by atoms with E-state index in [1.807, 2.05) is 103 Å². The minimum absolute atomic E-state index is 0.179. The molecule has 0 radical (unpaired) electrons. The summed E-state index contributed by atoms with van der Waals surface area (Å²) >= 11 is 0. The highest BCUT2D eigenvalue weighted by Gasteiger charge is 2.34. The van der Waals surface area contributed by atoms with Crippen LogP contribution in [0.4, 0.5) is 0 Å². The summed E-state index contributed by atoms with van der Waals surface area (Å²) in [5.74, 6) is -0.636. The van der Waals surface area contributed by atoms with Crippen LogP contribution in [0, 0.1) is 0 Å². The molecule has 3 aromatic carbocycles. The van der Waals surface area contributed by atoms with Crippen LogP contribution in [0.3, 0.4) is 0 Å². The van der Waals surface area contributed by atoms with Crippen molar-refractivity contribution >= 4 is 13.7 Å². The standard InChI is InChI=1S/C24H26NO3P/c1-27-29(26,28-2)23(19-18-20-12-6-3-7-13-20)25-24(21-14-8-4-9-15-21)22-16-10-5-11-17-22/h3-19,23-25H,1-2H3/b19-18+. The largest absolute Gasteiger partial charge is 0.350 e. The lowest BCUT2D eigenvalue weighted by Crippen LogP contribution is -2.33. The van der Waals surface area contributed by atoms with Gasteiger partial charge in [-0.25, -0.2) is 0 Å². The summed E-state index contributed by atoms with van der Waals surface area (Å²) in [4.78, 5) is 0. The van der Waals surface area contributed by atoms with Gasteiger partial charge in [-0.3, -0.25) is 9.88 Å². The third-order valence-electron chi connectivity index (χ3n) is 4.72. The molecule has 5 heteroatoms. The SMILES string of the molecule is COP(=O)(OC)C(/C=C/c1ccccc1)NC(c1ccccc1)c1ccccc1. The first kappa shape index (κ1) is 21.2. The first-order valence-electron chi connectivity index (χ1n) is 9.46. The molecule has 0 fully saturated rings. The Morgan fingerprint density at radius 2 is 1.21 bits per heavy atom. The summed E-state index contributed by atoms with van der Waals surface area (Å²) in [5.41, 5.74) is 3.14. The normalized spacial score (nSPS) is 13.1. The van der Waals surface area contributed by atoms with Gasteiger partial charge in [0.25, 0.3) is 0 Å². The molecule has 0 saturated heterocycles. The summed E-state index contributed by atoms with van der Waals surface area (Å²) < 4.78 is 24.0. The molecular weight excluding hydrogens is 381 g/mol. The van der Waals surface area contributed by atoms with Crippen LogP contribution in [0.2, 0.25) is 0 Å². The van der Waals surface area contributed by atoms with Gasteiger partial charge in [-0.1, -0.05) is 103 Å². The van der Waals surface area contributed by atoms with Crippen LogP contribution in [-0.2, 0) is 13.6 Å². The predicted molar refractivity (Wildman–Crippen MR) is 119 cm³/mol. The summed E-state index contributed by atoms with van der Waals surface area (Å²) in [6.07, 6.45) is 3.78. The maximum atomic E-state index is 13.3. The molecular formula is C24H26NO3P. The average Bonchev–Trinajstić information content (AvgIpc) is 2.80. The second-order valence-corrected chi connectivity index (χ2v) is 8.91. The highest BCUT2D eigenvalue weighted by Crippen LogP contribution is 2.52. The van der Waals surface area contributed by atoms with Crippen LogP contribution in [0.1, 0.15) is 22.7 Å². The van der Waals surface area contributed by atoms with E-state index in [1.54, 1.807) is 0 Å². The topological polar surface area (TPSA) is 47.6 Å². The average molecular weight is 407 g/mol. The second-order valence-electron chi connectivity index (χ2n) is 6.54. The fourth-order valence-electron chi connectivity index (χ4n) is 3.17. The van der Waals surface area contributed by atoms with Crippen LogP contribution in [0.5, 0.6) is 0 Å². The molecule has 150 valence electrons. The fourth-order valence-corrected chi connectivity index (χ4v) is 4.40. The smallest absolute Gasteiger partial charge is 0.311 e. The van der Waals surface area contributed by atoms with Crippen molar-refractivity contribution in [3.63, 3.8) is 0 Å². The third-order valence-corrected chi connectivity index (χ3v) is 6.74. The first-order chi connectivity index (χ1) is 14.2. The van der Waals surface area contributed by atoms with Crippen LogP contribution in [0.15, 0.2) is 97.1 Å². The number of nitrogens with one attached hydrogen (secondary N) is 1. The van der Waals surface area contributed by atoms with Gasteiger partial charge in [-0.05, 0) is 16.7 Å². The maximum Gasteiger partial charge on any atom is 0.350 e. The van der Waals surface area contributed by atoms with Crippen LogP contribution in [-0.4, -0.2) is 20.0 Å². The van der Waals surface area contributed by atoms with E-state index in [2.05, 4.69) is 5.32 Å². The molecule has 0 bridgehead atoms. The van der Waals surface area contributed by atoms with Crippen molar-refractivity contribution in [2.75, 3.05) is 14.2 Å². The minimum Gasteiger partial charge on any atom is -0.311 e. The van der Waals surface area contributed by atoms with Gasteiger partial charge in [-0.15, -0.1) is 0 Å². The Morgan fingerprint density at radius 3 is 1.66 bits per heavy atom. The molecule has 3 aromatic rings. The summed E-state index contributed by atoms with van der Waals surface area (Å²) in [5, 5.41) is 3.50. The van der Waals surface area contributed by atoms with Gasteiger partial charge in [0.15, 0.2) is 0 Å². The molecule has 0 aromatic heterocycles. The Labute approximate surface area is 172 Å². The number of rotatable bonds is 9. The molecule has 0 aliphatic rings. The lowest BCUT2D eigenvalue weighted by Gasteiger charge is -2.28. The molecule has 29 heavy (non-hydrogen) atoms. The van der Waals surface area contributed by atoms with E-state index < -0.39 is 13.4 Å². The van der Waals surface area contributed by atoms with Gasteiger partial charge in [0.1, 0.15) is 5.78 Å². The molecule has 3 rings (SSSR count). The molecule has 1 unspecified atom stereocenters. The second kappa shape index (κ2) is 10.3. The van der Waals surface area contributed by atoms with Gasteiger partial charge in [0.05, 0.1) is 6.04 Å². The lowest BCUT2D eigenvalue weighted by molar-refractivity contribution is 0.263. The first-order valence-corrected chi connectivity index (χ1v) is 11.1. The highest BCUT2D eigenvalue weighted by atomic mass is 31.2. The zero-order valence-corrected chi connectivity index (χ0v) is 17.5. The molecule has 0 aliphatic heterocycles. The van der Waals surface area contributed by atoms with Crippen molar-refractivity contribution in [2.45, 2.75) is 11.8 Å². The Hall–Kier alpha value is -2.49. The molecule has 0 aliphatic carbocycles. The van der Waals surface area contributed by atoms with Crippen molar-refractivity contribution in [1.82, 2.24) is 5.32 Å². The van der Waals surface area contributed by atoms with Gasteiger partial charge < -0.3 is 9.05 Å². The van der Waals surface area contributed by atoms with E-state index in [0.717, 1.165) is 16.7 Å². The van der Waals surface area contributed by atoms with Crippen molar-refractivity contribution in [2.24, 2.45) is 0 Å². The zero-order chi connectivity index (χ0) is 20.5. The molecule has 0 spiro atoms. The summed E-state index contributed by atoms with van der Waals surface area (Å²) in [6, 6.07) is 29.8.